The Morgan fingerprint density at radius 2 is 1.95 bits per heavy atom. The molecule has 206 valence electrons. The lowest BCUT2D eigenvalue weighted by atomic mass is 10.0. The molecule has 0 bridgehead atoms. The van der Waals surface area contributed by atoms with E-state index in [-0.39, 0.29) is 6.04 Å². The molecule has 0 aliphatic carbocycles. The van der Waals surface area contributed by atoms with Crippen LogP contribution in [0.4, 0.5) is 0 Å². The summed E-state index contributed by atoms with van der Waals surface area (Å²) in [6.07, 6.45) is 8.00. The van der Waals surface area contributed by atoms with Gasteiger partial charge in [-0.3, -0.25) is 15.3 Å². The van der Waals surface area contributed by atoms with Crippen LogP contribution < -0.4 is 16.9 Å². The van der Waals surface area contributed by atoms with Gasteiger partial charge in [0.05, 0.1) is 22.3 Å². The van der Waals surface area contributed by atoms with E-state index >= 15 is 0 Å². The Kier molecular flexibility index (Phi) is 8.88. The second-order valence-electron chi connectivity index (χ2n) is 9.78. The van der Waals surface area contributed by atoms with E-state index in [1.165, 1.54) is 22.5 Å². The first-order valence-electron chi connectivity index (χ1n) is 13.2. The fraction of sp³-hybridized carbons (Fsp3) is 0.233. The van der Waals surface area contributed by atoms with E-state index in [9.17, 15) is 0 Å². The summed E-state index contributed by atoms with van der Waals surface area (Å²) in [5.74, 6) is 0.293. The third kappa shape index (κ3) is 6.41. The van der Waals surface area contributed by atoms with Crippen LogP contribution in [-0.4, -0.2) is 52.7 Å². The molecule has 40 heavy (non-hydrogen) atoms. The average Bonchev–Trinajstić information content (AvgIpc) is 3.50. The molecule has 2 aliphatic rings. The second-order valence-corrected chi connectivity index (χ2v) is 11.2. The molecule has 0 spiro atoms. The van der Waals surface area contributed by atoms with Gasteiger partial charge >= 0.3 is 0 Å². The molecular formula is C30H33ClN8S. The van der Waals surface area contributed by atoms with E-state index in [2.05, 4.69) is 69.9 Å². The first kappa shape index (κ1) is 27.9. The zero-order valence-corrected chi connectivity index (χ0v) is 23.9. The highest BCUT2D eigenvalue weighted by atomic mass is 35.5. The van der Waals surface area contributed by atoms with Crippen molar-refractivity contribution >= 4 is 40.7 Å². The molecular weight excluding hydrogens is 540 g/mol. The zero-order chi connectivity index (χ0) is 28.1. The van der Waals surface area contributed by atoms with Crippen LogP contribution in [0.5, 0.6) is 0 Å². The summed E-state index contributed by atoms with van der Waals surface area (Å²) in [6.45, 7) is 5.15. The molecule has 5 rings (SSSR count). The van der Waals surface area contributed by atoms with E-state index < -0.39 is 0 Å². The van der Waals surface area contributed by atoms with Crippen molar-refractivity contribution < 1.29 is 0 Å². The van der Waals surface area contributed by atoms with E-state index in [0.29, 0.717) is 23.8 Å². The number of nitrogens with zero attached hydrogens (tertiary/aromatic N) is 4. The lowest BCUT2D eigenvalue weighted by Gasteiger charge is -2.26. The first-order valence-corrected chi connectivity index (χ1v) is 14.4. The van der Waals surface area contributed by atoms with Gasteiger partial charge in [-0.1, -0.05) is 54.1 Å². The number of nitrogens with one attached hydrogen (secondary N) is 2. The molecule has 3 heterocycles. The first-order chi connectivity index (χ1) is 19.4. The number of benzene rings is 2. The molecule has 0 radical (unpaired) electrons. The summed E-state index contributed by atoms with van der Waals surface area (Å²) in [5, 5.41) is 11.1. The maximum atomic E-state index is 7.43. The Morgan fingerprint density at radius 3 is 2.67 bits per heavy atom. The van der Waals surface area contributed by atoms with E-state index in [1.54, 1.807) is 0 Å². The molecule has 0 saturated heterocycles. The predicted octanol–water partition coefficient (Wildman–Crippen LogP) is 4.53. The van der Waals surface area contributed by atoms with Gasteiger partial charge in [0.15, 0.2) is 0 Å². The van der Waals surface area contributed by atoms with Gasteiger partial charge in [0.25, 0.3) is 0 Å². The van der Waals surface area contributed by atoms with Crippen molar-refractivity contribution in [2.75, 3.05) is 19.6 Å². The van der Waals surface area contributed by atoms with E-state index in [4.69, 9.17) is 33.5 Å². The minimum atomic E-state index is 0.0444. The number of nitrogens with two attached hydrogens (primary N) is 2. The maximum absolute atomic E-state index is 7.43. The minimum Gasteiger partial charge on any atom is -0.382 e. The number of fused-ring (bicyclic) bond motifs is 1. The maximum Gasteiger partial charge on any atom is 0.144 e. The highest BCUT2D eigenvalue weighted by Crippen LogP contribution is 2.37. The molecule has 0 saturated carbocycles. The van der Waals surface area contributed by atoms with Crippen molar-refractivity contribution in [2.24, 2.45) is 16.5 Å². The van der Waals surface area contributed by atoms with Crippen molar-refractivity contribution in [3.63, 3.8) is 0 Å². The molecule has 2 aromatic carbocycles. The number of amidine groups is 1. The average molecular weight is 573 g/mol. The van der Waals surface area contributed by atoms with Crippen LogP contribution in [0.3, 0.4) is 0 Å². The van der Waals surface area contributed by atoms with Gasteiger partial charge in [0.2, 0.25) is 0 Å². The third-order valence-corrected chi connectivity index (χ3v) is 8.22. The SMILES string of the molecule is CC1NN2C=CC(CN(CCN)Cc3ccccc3)=CC2=C1c1nc(Cc2ccc(Cl)cc2)c(C(N)=NC=N)s1. The van der Waals surface area contributed by atoms with Crippen molar-refractivity contribution in [2.45, 2.75) is 25.9 Å². The second kappa shape index (κ2) is 12.7. The van der Waals surface area contributed by atoms with Gasteiger partial charge in [-0.15, -0.1) is 11.3 Å². The van der Waals surface area contributed by atoms with Gasteiger partial charge in [0.1, 0.15) is 17.2 Å². The lowest BCUT2D eigenvalue weighted by molar-refractivity contribution is 0.296. The quantitative estimate of drug-likeness (QED) is 0.198. The Hall–Kier alpha value is -3.60. The largest absolute Gasteiger partial charge is 0.382 e. The third-order valence-electron chi connectivity index (χ3n) is 6.81. The summed E-state index contributed by atoms with van der Waals surface area (Å²) in [4.78, 5) is 12.3. The number of thiazole rings is 1. The predicted molar refractivity (Wildman–Crippen MR) is 165 cm³/mol. The van der Waals surface area contributed by atoms with Gasteiger partial charge < -0.3 is 11.5 Å². The zero-order valence-electron chi connectivity index (χ0n) is 22.3. The lowest BCUT2D eigenvalue weighted by Crippen LogP contribution is -2.34. The normalized spacial score (nSPS) is 17.0. The smallest absolute Gasteiger partial charge is 0.144 e. The number of aliphatic imine (C=N–C) groups is 1. The molecule has 6 N–H and O–H groups in total. The number of hydrazine groups is 1. The topological polar surface area (TPSA) is 120 Å². The number of allylic oxidation sites excluding steroid dienone is 1. The van der Waals surface area contributed by atoms with Gasteiger partial charge in [0, 0.05) is 49.4 Å². The fourth-order valence-corrected chi connectivity index (χ4v) is 6.22. The molecule has 3 aromatic rings. The van der Waals surface area contributed by atoms with Crippen LogP contribution in [0.25, 0.3) is 5.57 Å². The number of hydrogen-bond donors (Lipinski definition) is 4. The molecule has 8 nitrogen and oxygen atoms in total. The Balaban J connectivity index is 1.48. The van der Waals surface area contributed by atoms with Crippen molar-refractivity contribution in [1.29, 1.82) is 5.41 Å². The van der Waals surface area contributed by atoms with Gasteiger partial charge in [-0.05, 0) is 47.9 Å². The molecule has 0 fully saturated rings. The van der Waals surface area contributed by atoms with Crippen LogP contribution in [-0.2, 0) is 13.0 Å². The highest BCUT2D eigenvalue weighted by Gasteiger charge is 2.32. The summed E-state index contributed by atoms with van der Waals surface area (Å²) >= 11 is 7.61. The van der Waals surface area contributed by atoms with E-state index in [0.717, 1.165) is 58.4 Å². The van der Waals surface area contributed by atoms with Gasteiger partial charge in [-0.2, -0.15) is 0 Å². The summed E-state index contributed by atoms with van der Waals surface area (Å²) < 4.78 is 0. The Morgan fingerprint density at radius 1 is 1.18 bits per heavy atom. The number of hydrogen-bond acceptors (Lipinski definition) is 7. The molecule has 1 unspecified atom stereocenters. The molecule has 10 heteroatoms. The van der Waals surface area contributed by atoms with Crippen LogP contribution in [0.2, 0.25) is 5.02 Å². The standard InChI is InChI=1S/C30H33ClN8S/c1-20-27(30-36-25(28(40-30)29(34)35-19-33)15-21-7-9-24(31)10-8-21)26-16-23(11-13-39(26)37-20)18-38(14-12-32)17-22-5-3-2-4-6-22/h2-11,13,16,19-20,37H,12,14-15,17-18,32H2,1H3,(H3,33,34,35). The fourth-order valence-electron chi connectivity index (χ4n) is 4.96. The molecule has 1 atom stereocenters. The monoisotopic (exact) mass is 572 g/mol. The number of aromatic nitrogens is 1. The Labute approximate surface area is 243 Å². The molecule has 1 aromatic heterocycles. The highest BCUT2D eigenvalue weighted by molar-refractivity contribution is 7.15. The number of rotatable bonds is 11. The summed E-state index contributed by atoms with van der Waals surface area (Å²) in [6, 6.07) is 18.2. The number of halogens is 1. The van der Waals surface area contributed by atoms with Crippen LogP contribution in [0.15, 0.2) is 89.2 Å². The molecule has 0 amide bonds. The van der Waals surface area contributed by atoms with Crippen molar-refractivity contribution in [3.05, 3.63) is 116 Å². The molecule has 2 aliphatic heterocycles. The van der Waals surface area contributed by atoms with Crippen molar-refractivity contribution in [1.82, 2.24) is 20.3 Å². The minimum absolute atomic E-state index is 0.0444. The van der Waals surface area contributed by atoms with E-state index in [1.807, 2.05) is 30.3 Å². The van der Waals surface area contributed by atoms with Crippen LogP contribution >= 0.6 is 22.9 Å². The van der Waals surface area contributed by atoms with Crippen LogP contribution in [0, 0.1) is 5.41 Å². The summed E-state index contributed by atoms with van der Waals surface area (Å²) in [5.41, 5.74) is 22.3. The van der Waals surface area contributed by atoms with Crippen molar-refractivity contribution in [3.8, 4) is 0 Å². The van der Waals surface area contributed by atoms with Crippen LogP contribution in [0.1, 0.15) is 33.6 Å². The van der Waals surface area contributed by atoms with Gasteiger partial charge in [-0.25, -0.2) is 15.4 Å². The summed E-state index contributed by atoms with van der Waals surface area (Å²) in [7, 11) is 0. The Bertz CT molecular complexity index is 1470.